The highest BCUT2D eigenvalue weighted by Crippen LogP contribution is 2.32. The number of aliphatic hydroxyl groups is 1. The first-order valence-corrected chi connectivity index (χ1v) is 8.20. The molecule has 10 heteroatoms. The van der Waals surface area contributed by atoms with Crippen LogP contribution in [-0.4, -0.2) is 52.5 Å². The van der Waals surface area contributed by atoms with Crippen LogP contribution in [0.3, 0.4) is 0 Å². The van der Waals surface area contributed by atoms with Crippen molar-refractivity contribution in [2.45, 2.75) is 44.1 Å². The molecule has 1 heterocycles. The number of nitrogens with one attached hydrogen (secondary N) is 1. The number of alkyl halides is 3. The molecule has 0 spiro atoms. The van der Waals surface area contributed by atoms with Gasteiger partial charge in [0.1, 0.15) is 12.1 Å². The Hall–Kier alpha value is -2.62. The van der Waals surface area contributed by atoms with Crippen LogP contribution in [0.1, 0.15) is 24.5 Å². The molecule has 148 valence electrons. The number of amides is 3. The molecule has 3 amide bonds. The van der Waals surface area contributed by atoms with Gasteiger partial charge in [-0.05, 0) is 11.6 Å². The number of primary amides is 1. The van der Waals surface area contributed by atoms with Crippen LogP contribution in [0.2, 0.25) is 0 Å². The zero-order chi connectivity index (χ0) is 20.4. The molecular formula is C17H20F3N3O4. The topological polar surface area (TPSA) is 113 Å². The molecule has 1 aromatic carbocycles. The molecule has 0 bridgehead atoms. The number of nitrogens with two attached hydrogens (primary N) is 1. The lowest BCUT2D eigenvalue weighted by Gasteiger charge is -2.25. The highest BCUT2D eigenvalue weighted by molar-refractivity contribution is 5.91. The van der Waals surface area contributed by atoms with Crippen molar-refractivity contribution in [2.24, 2.45) is 5.73 Å². The summed E-state index contributed by atoms with van der Waals surface area (Å²) in [6, 6.07) is 2.26. The zero-order valence-corrected chi connectivity index (χ0v) is 14.5. The molecule has 0 saturated carbocycles. The van der Waals surface area contributed by atoms with Crippen molar-refractivity contribution in [3.8, 4) is 0 Å². The van der Waals surface area contributed by atoms with Crippen LogP contribution in [0.5, 0.6) is 0 Å². The molecule has 1 fully saturated rings. The fourth-order valence-electron chi connectivity index (χ4n) is 3.10. The lowest BCUT2D eigenvalue weighted by molar-refractivity contribution is -0.139. The average molecular weight is 387 g/mol. The summed E-state index contributed by atoms with van der Waals surface area (Å²) < 4.78 is 39.3. The van der Waals surface area contributed by atoms with E-state index in [9.17, 15) is 32.7 Å². The van der Waals surface area contributed by atoms with E-state index in [0.29, 0.717) is 0 Å². The van der Waals surface area contributed by atoms with Crippen LogP contribution in [0.4, 0.5) is 13.2 Å². The molecule has 1 aliphatic heterocycles. The van der Waals surface area contributed by atoms with Crippen LogP contribution >= 0.6 is 0 Å². The molecule has 7 nitrogen and oxygen atoms in total. The number of carbonyl (C=O) groups is 3. The van der Waals surface area contributed by atoms with Gasteiger partial charge in [0.15, 0.2) is 0 Å². The fraction of sp³-hybridized carbons (Fsp3) is 0.471. The van der Waals surface area contributed by atoms with E-state index < -0.39 is 54.1 Å². The number of hydrogen-bond donors (Lipinski definition) is 3. The Balaban J connectivity index is 2.19. The zero-order valence-electron chi connectivity index (χ0n) is 14.5. The summed E-state index contributed by atoms with van der Waals surface area (Å²) in [5, 5.41) is 12.0. The minimum absolute atomic E-state index is 0.0317. The Labute approximate surface area is 153 Å². The first-order chi connectivity index (χ1) is 12.5. The highest BCUT2D eigenvalue weighted by atomic mass is 19.4. The summed E-state index contributed by atoms with van der Waals surface area (Å²) in [5.41, 5.74) is 4.13. The lowest BCUT2D eigenvalue weighted by atomic mass is 9.99. The third-order valence-corrected chi connectivity index (χ3v) is 4.39. The Morgan fingerprint density at radius 2 is 1.96 bits per heavy atom. The maximum absolute atomic E-state index is 13.1. The van der Waals surface area contributed by atoms with E-state index in [-0.39, 0.29) is 18.5 Å². The van der Waals surface area contributed by atoms with Gasteiger partial charge in [-0.15, -0.1) is 0 Å². The number of hydrogen-bond acceptors (Lipinski definition) is 4. The molecule has 1 aliphatic rings. The van der Waals surface area contributed by atoms with Crippen LogP contribution in [0.25, 0.3) is 0 Å². The smallest absolute Gasteiger partial charge is 0.391 e. The number of β-amino-alcohol motifs (C(OH)–C–C–N with tert-alkyl or cyclic N) is 1. The minimum atomic E-state index is -4.62. The van der Waals surface area contributed by atoms with E-state index in [4.69, 9.17) is 5.73 Å². The normalized spacial score (nSPS) is 21.0. The van der Waals surface area contributed by atoms with Gasteiger partial charge in [-0.3, -0.25) is 14.4 Å². The van der Waals surface area contributed by atoms with Crippen LogP contribution in [0.15, 0.2) is 24.3 Å². The summed E-state index contributed by atoms with van der Waals surface area (Å²) in [7, 11) is 0. The number of carbonyl (C=O) groups excluding carboxylic acids is 3. The first kappa shape index (κ1) is 20.7. The van der Waals surface area contributed by atoms with Gasteiger partial charge in [0.05, 0.1) is 11.7 Å². The van der Waals surface area contributed by atoms with Gasteiger partial charge in [-0.25, -0.2) is 0 Å². The van der Waals surface area contributed by atoms with Gasteiger partial charge in [0, 0.05) is 26.3 Å². The van der Waals surface area contributed by atoms with E-state index in [1.807, 2.05) is 0 Å². The summed E-state index contributed by atoms with van der Waals surface area (Å²) in [6.07, 6.45) is -6.01. The second-order valence-electron chi connectivity index (χ2n) is 6.40. The summed E-state index contributed by atoms with van der Waals surface area (Å²) in [4.78, 5) is 36.9. The lowest BCUT2D eigenvalue weighted by Crippen LogP contribution is -2.52. The molecule has 0 radical (unpaired) electrons. The van der Waals surface area contributed by atoms with Crippen molar-refractivity contribution in [1.82, 2.24) is 10.2 Å². The van der Waals surface area contributed by atoms with Gasteiger partial charge in [-0.2, -0.15) is 13.2 Å². The molecule has 0 aliphatic carbocycles. The SMILES string of the molecule is CC(=O)N1C[C@H](O)C[C@H]1C(=O)N[C@H](Cc1ccccc1C(F)(F)F)C(N)=O. The minimum Gasteiger partial charge on any atom is -0.391 e. The third-order valence-electron chi connectivity index (χ3n) is 4.39. The van der Waals surface area contributed by atoms with E-state index in [2.05, 4.69) is 5.32 Å². The standard InChI is InChI=1S/C17H20F3N3O4/c1-9(24)23-8-11(25)7-14(23)16(27)22-13(15(21)26)6-10-4-2-3-5-12(10)17(18,19)20/h2-5,11,13-14,25H,6-8H2,1H3,(H2,21,26)(H,22,27)/t11-,13-,14+/m1/s1. The van der Waals surface area contributed by atoms with Crippen molar-refractivity contribution >= 4 is 17.7 Å². The predicted molar refractivity (Wildman–Crippen MR) is 88.1 cm³/mol. The van der Waals surface area contributed by atoms with Crippen LogP contribution in [-0.2, 0) is 27.0 Å². The molecule has 1 saturated heterocycles. The molecule has 4 N–H and O–H groups in total. The Kier molecular flexibility index (Phi) is 6.09. The largest absolute Gasteiger partial charge is 0.416 e. The molecule has 0 unspecified atom stereocenters. The van der Waals surface area contributed by atoms with Gasteiger partial charge in [0.2, 0.25) is 17.7 Å². The molecular weight excluding hydrogens is 367 g/mol. The van der Waals surface area contributed by atoms with E-state index in [1.54, 1.807) is 0 Å². The summed E-state index contributed by atoms with van der Waals surface area (Å²) in [6.45, 7) is 1.19. The molecule has 2 rings (SSSR count). The van der Waals surface area contributed by atoms with Gasteiger partial charge >= 0.3 is 6.18 Å². The number of nitrogens with zero attached hydrogens (tertiary/aromatic N) is 1. The maximum Gasteiger partial charge on any atom is 0.416 e. The number of rotatable bonds is 5. The van der Waals surface area contributed by atoms with Crippen molar-refractivity contribution in [3.05, 3.63) is 35.4 Å². The van der Waals surface area contributed by atoms with Crippen molar-refractivity contribution < 1.29 is 32.7 Å². The van der Waals surface area contributed by atoms with Gasteiger partial charge in [0.25, 0.3) is 0 Å². The van der Waals surface area contributed by atoms with Crippen molar-refractivity contribution in [2.75, 3.05) is 6.54 Å². The van der Waals surface area contributed by atoms with E-state index >= 15 is 0 Å². The molecule has 0 aromatic heterocycles. The number of halogens is 3. The fourth-order valence-corrected chi connectivity index (χ4v) is 3.10. The van der Waals surface area contributed by atoms with E-state index in [0.717, 1.165) is 11.0 Å². The van der Waals surface area contributed by atoms with Gasteiger partial charge < -0.3 is 21.1 Å². The molecule has 27 heavy (non-hydrogen) atoms. The van der Waals surface area contributed by atoms with E-state index in [1.165, 1.54) is 25.1 Å². The monoisotopic (exact) mass is 387 g/mol. The first-order valence-electron chi connectivity index (χ1n) is 8.20. The highest BCUT2D eigenvalue weighted by Gasteiger charge is 2.39. The van der Waals surface area contributed by atoms with Crippen LogP contribution in [0, 0.1) is 0 Å². The Bertz CT molecular complexity index is 738. The van der Waals surface area contributed by atoms with Crippen molar-refractivity contribution in [1.29, 1.82) is 0 Å². The van der Waals surface area contributed by atoms with Gasteiger partial charge in [-0.1, -0.05) is 18.2 Å². The summed E-state index contributed by atoms with van der Waals surface area (Å²) >= 11 is 0. The number of likely N-dealkylation sites (tertiary alicyclic amines) is 1. The Morgan fingerprint density at radius 1 is 1.33 bits per heavy atom. The van der Waals surface area contributed by atoms with Crippen LogP contribution < -0.4 is 11.1 Å². The maximum atomic E-state index is 13.1. The summed E-state index contributed by atoms with van der Waals surface area (Å²) in [5.74, 6) is -2.20. The molecule has 1 aromatic rings. The average Bonchev–Trinajstić information content (AvgIpc) is 2.96. The second kappa shape index (κ2) is 7.95. The third kappa shape index (κ3) is 4.97. The predicted octanol–water partition coefficient (Wildman–Crippen LogP) is 0.200. The molecule has 3 atom stereocenters. The Morgan fingerprint density at radius 3 is 2.52 bits per heavy atom. The number of aliphatic hydroxyl groups excluding tert-OH is 1. The second-order valence-corrected chi connectivity index (χ2v) is 6.40. The van der Waals surface area contributed by atoms with Crippen molar-refractivity contribution in [3.63, 3.8) is 0 Å². The number of benzene rings is 1. The quantitative estimate of drug-likeness (QED) is 0.670.